The van der Waals surface area contributed by atoms with E-state index in [9.17, 15) is 4.79 Å². The highest BCUT2D eigenvalue weighted by molar-refractivity contribution is 5.85. The topological polar surface area (TPSA) is 114 Å². The highest BCUT2D eigenvalue weighted by Crippen LogP contribution is 2.35. The highest BCUT2D eigenvalue weighted by atomic mass is 16.3. The van der Waals surface area contributed by atoms with Crippen LogP contribution in [0.5, 0.6) is 0 Å². The first-order chi connectivity index (χ1) is 16.1. The van der Waals surface area contributed by atoms with E-state index in [0.717, 1.165) is 48.5 Å². The van der Waals surface area contributed by atoms with Gasteiger partial charge < -0.3 is 15.1 Å². The van der Waals surface area contributed by atoms with E-state index < -0.39 is 5.54 Å². The van der Waals surface area contributed by atoms with Crippen molar-refractivity contribution in [2.75, 3.05) is 31.1 Å². The number of likely N-dealkylation sites (tertiary alicyclic amines) is 1. The molecule has 2 aliphatic rings. The van der Waals surface area contributed by atoms with E-state index in [4.69, 9.17) is 15.1 Å². The molecule has 0 aromatic carbocycles. The second kappa shape index (κ2) is 8.90. The van der Waals surface area contributed by atoms with Gasteiger partial charge in [-0.25, -0.2) is 9.97 Å². The van der Waals surface area contributed by atoms with Gasteiger partial charge in [0.1, 0.15) is 11.3 Å². The number of aromatic nitrogens is 4. The van der Waals surface area contributed by atoms with Crippen LogP contribution in [0.3, 0.4) is 0 Å². The monoisotopic (exact) mass is 447 g/mol. The Morgan fingerprint density at radius 3 is 2.45 bits per heavy atom. The lowest BCUT2D eigenvalue weighted by molar-refractivity contribution is -0.132. The molecule has 5 rings (SSSR count). The van der Waals surface area contributed by atoms with Crippen LogP contribution in [0.15, 0.2) is 41.5 Å². The van der Waals surface area contributed by atoms with Gasteiger partial charge in [-0.3, -0.25) is 19.7 Å². The first kappa shape index (κ1) is 21.5. The summed E-state index contributed by atoms with van der Waals surface area (Å²) in [5.74, 6) is 1.20. The van der Waals surface area contributed by atoms with Crippen LogP contribution in [0.2, 0.25) is 0 Å². The van der Waals surface area contributed by atoms with Crippen LogP contribution >= 0.6 is 0 Å². The molecule has 0 aliphatic carbocycles. The SMILES string of the molecule is Cc1occc1-c1nc(N2CCC(C(N)=O)(N3CCCCC3)CC2)ncc1-c1cnccn1. The van der Waals surface area contributed by atoms with Gasteiger partial charge in [0.05, 0.1) is 23.8 Å². The second-order valence-electron chi connectivity index (χ2n) is 8.84. The number of amides is 1. The maximum Gasteiger partial charge on any atom is 0.238 e. The summed E-state index contributed by atoms with van der Waals surface area (Å²) in [4.78, 5) is 35.3. The summed E-state index contributed by atoms with van der Waals surface area (Å²) in [5.41, 5.74) is 8.55. The standard InChI is InChI=1S/C24H29N7O2/c1-17-18(5-14-33-17)21-19(20-16-26-8-9-27-20)15-28-23(29-21)30-12-6-24(7-13-30,22(25)32)31-10-3-2-4-11-31/h5,8-9,14-16H,2-4,6-7,10-13H2,1H3,(H2,25,32). The maximum absolute atomic E-state index is 12.6. The van der Waals surface area contributed by atoms with E-state index in [1.165, 1.54) is 6.42 Å². The summed E-state index contributed by atoms with van der Waals surface area (Å²) in [6.45, 7) is 5.14. The van der Waals surface area contributed by atoms with Crippen molar-refractivity contribution in [1.29, 1.82) is 0 Å². The van der Waals surface area contributed by atoms with E-state index in [2.05, 4.69) is 24.8 Å². The number of piperidine rings is 2. The van der Waals surface area contributed by atoms with E-state index in [-0.39, 0.29) is 5.91 Å². The zero-order valence-corrected chi connectivity index (χ0v) is 18.9. The Kier molecular flexibility index (Phi) is 5.80. The molecule has 9 nitrogen and oxygen atoms in total. The number of nitrogens with zero attached hydrogens (tertiary/aromatic N) is 6. The molecule has 3 aromatic rings. The lowest BCUT2D eigenvalue weighted by Crippen LogP contribution is -2.63. The van der Waals surface area contributed by atoms with Gasteiger partial charge >= 0.3 is 0 Å². The Hall–Kier alpha value is -3.33. The number of furan rings is 1. The number of aryl methyl sites for hydroxylation is 1. The lowest BCUT2D eigenvalue weighted by atomic mass is 9.83. The van der Waals surface area contributed by atoms with Crippen LogP contribution in [-0.2, 0) is 4.79 Å². The highest BCUT2D eigenvalue weighted by Gasteiger charge is 2.45. The van der Waals surface area contributed by atoms with Gasteiger partial charge in [-0.2, -0.15) is 0 Å². The third kappa shape index (κ3) is 3.97. The van der Waals surface area contributed by atoms with Crippen LogP contribution in [-0.4, -0.2) is 62.5 Å². The zero-order valence-electron chi connectivity index (χ0n) is 18.9. The molecule has 0 atom stereocenters. The third-order valence-electron chi connectivity index (χ3n) is 7.02. The molecule has 0 saturated carbocycles. The van der Waals surface area contributed by atoms with Gasteiger partial charge in [0.2, 0.25) is 11.9 Å². The summed E-state index contributed by atoms with van der Waals surface area (Å²) >= 11 is 0. The lowest BCUT2D eigenvalue weighted by Gasteiger charge is -2.48. The van der Waals surface area contributed by atoms with Gasteiger partial charge in [-0.1, -0.05) is 6.42 Å². The van der Waals surface area contributed by atoms with E-state index >= 15 is 0 Å². The molecule has 0 unspecified atom stereocenters. The number of rotatable bonds is 5. The molecule has 2 saturated heterocycles. The average molecular weight is 448 g/mol. The molecule has 33 heavy (non-hydrogen) atoms. The number of carbonyl (C=O) groups excluding carboxylic acids is 1. The smallest absolute Gasteiger partial charge is 0.238 e. The fraction of sp³-hybridized carbons (Fsp3) is 0.458. The van der Waals surface area contributed by atoms with Crippen molar-refractivity contribution in [2.45, 2.75) is 44.6 Å². The van der Waals surface area contributed by atoms with Gasteiger partial charge in [0, 0.05) is 42.8 Å². The van der Waals surface area contributed by atoms with Gasteiger partial charge in [-0.05, 0) is 51.8 Å². The summed E-state index contributed by atoms with van der Waals surface area (Å²) in [7, 11) is 0. The Bertz CT molecular complexity index is 1120. The van der Waals surface area contributed by atoms with Crippen molar-refractivity contribution in [3.8, 4) is 22.5 Å². The minimum atomic E-state index is -0.569. The van der Waals surface area contributed by atoms with E-state index in [0.29, 0.717) is 37.6 Å². The molecular formula is C24H29N7O2. The molecule has 2 N–H and O–H groups in total. The van der Waals surface area contributed by atoms with Crippen molar-refractivity contribution >= 4 is 11.9 Å². The third-order valence-corrected chi connectivity index (χ3v) is 7.02. The molecule has 9 heteroatoms. The largest absolute Gasteiger partial charge is 0.469 e. The van der Waals surface area contributed by atoms with Crippen molar-refractivity contribution in [2.24, 2.45) is 5.73 Å². The molecule has 172 valence electrons. The molecule has 3 aromatic heterocycles. The fourth-order valence-corrected chi connectivity index (χ4v) is 5.10. The quantitative estimate of drug-likeness (QED) is 0.635. The van der Waals surface area contributed by atoms with Gasteiger partial charge in [0.15, 0.2) is 0 Å². The van der Waals surface area contributed by atoms with Crippen molar-refractivity contribution in [1.82, 2.24) is 24.8 Å². The molecule has 5 heterocycles. The number of nitrogens with two attached hydrogens (primary N) is 1. The summed E-state index contributed by atoms with van der Waals surface area (Å²) in [5, 5.41) is 0. The number of hydrogen-bond donors (Lipinski definition) is 1. The first-order valence-corrected chi connectivity index (χ1v) is 11.6. The molecule has 0 radical (unpaired) electrons. The minimum absolute atomic E-state index is 0.210. The van der Waals surface area contributed by atoms with Crippen LogP contribution in [0, 0.1) is 6.92 Å². The van der Waals surface area contributed by atoms with Crippen molar-refractivity contribution < 1.29 is 9.21 Å². The predicted octanol–water partition coefficient (Wildman–Crippen LogP) is 2.81. The Morgan fingerprint density at radius 1 is 1.03 bits per heavy atom. The Labute approximate surface area is 193 Å². The molecule has 2 aliphatic heterocycles. The number of carbonyl (C=O) groups is 1. The fourth-order valence-electron chi connectivity index (χ4n) is 5.10. The van der Waals surface area contributed by atoms with Crippen LogP contribution in [0.4, 0.5) is 5.95 Å². The molecule has 0 spiro atoms. The number of hydrogen-bond acceptors (Lipinski definition) is 8. The number of anilines is 1. The summed E-state index contributed by atoms with van der Waals surface area (Å²) in [6, 6.07) is 1.91. The van der Waals surface area contributed by atoms with Crippen molar-refractivity contribution in [3.05, 3.63) is 42.9 Å². The molecular weight excluding hydrogens is 418 g/mol. The normalized spacial score (nSPS) is 18.9. The van der Waals surface area contributed by atoms with Crippen LogP contribution in [0.25, 0.3) is 22.5 Å². The molecule has 2 fully saturated rings. The summed E-state index contributed by atoms with van der Waals surface area (Å²) in [6.07, 6.45) is 13.3. The minimum Gasteiger partial charge on any atom is -0.469 e. The van der Waals surface area contributed by atoms with Crippen LogP contribution < -0.4 is 10.6 Å². The maximum atomic E-state index is 12.6. The zero-order chi connectivity index (χ0) is 22.8. The van der Waals surface area contributed by atoms with Gasteiger partial charge in [0.25, 0.3) is 0 Å². The van der Waals surface area contributed by atoms with Crippen molar-refractivity contribution in [3.63, 3.8) is 0 Å². The molecule has 0 bridgehead atoms. The second-order valence-corrected chi connectivity index (χ2v) is 8.84. The van der Waals surface area contributed by atoms with E-state index in [1.54, 1.807) is 31.1 Å². The average Bonchev–Trinajstić information content (AvgIpc) is 3.30. The predicted molar refractivity (Wildman–Crippen MR) is 124 cm³/mol. The first-order valence-electron chi connectivity index (χ1n) is 11.6. The summed E-state index contributed by atoms with van der Waals surface area (Å²) < 4.78 is 5.55. The Morgan fingerprint density at radius 2 is 1.82 bits per heavy atom. The van der Waals surface area contributed by atoms with E-state index in [1.807, 2.05) is 13.0 Å². The molecule has 1 amide bonds. The Balaban J connectivity index is 1.45. The van der Waals surface area contributed by atoms with Gasteiger partial charge in [-0.15, -0.1) is 0 Å². The van der Waals surface area contributed by atoms with Crippen LogP contribution in [0.1, 0.15) is 37.9 Å². The number of primary amides is 1.